The Hall–Kier alpha value is -0.590. The monoisotopic (exact) mass is 360 g/mol. The first-order valence-electron chi connectivity index (χ1n) is 6.77. The number of ether oxygens (including phenoxy) is 1. The SMILES string of the molecule is CC(C)(C)OC(=O)NC1CC(NCc2csc(Br)c2)C1. The van der Waals surface area contributed by atoms with Gasteiger partial charge in [-0.2, -0.15) is 0 Å². The average Bonchev–Trinajstić information content (AvgIpc) is 2.64. The van der Waals surface area contributed by atoms with Crippen molar-refractivity contribution in [2.75, 3.05) is 0 Å². The predicted molar refractivity (Wildman–Crippen MR) is 85.0 cm³/mol. The highest BCUT2D eigenvalue weighted by molar-refractivity contribution is 9.11. The molecule has 1 heterocycles. The number of carbonyl (C=O) groups excluding carboxylic acids is 1. The summed E-state index contributed by atoms with van der Waals surface area (Å²) >= 11 is 5.16. The van der Waals surface area contributed by atoms with E-state index < -0.39 is 5.60 Å². The lowest BCUT2D eigenvalue weighted by Crippen LogP contribution is -2.52. The quantitative estimate of drug-likeness (QED) is 0.861. The van der Waals surface area contributed by atoms with E-state index in [4.69, 9.17) is 4.74 Å². The lowest BCUT2D eigenvalue weighted by Gasteiger charge is -2.36. The standard InChI is InChI=1S/C14H21BrN2O2S/c1-14(2,3)19-13(18)17-11-5-10(6-11)16-7-9-4-12(15)20-8-9/h4,8,10-11,16H,5-7H2,1-3H3,(H,17,18). The van der Waals surface area contributed by atoms with Crippen LogP contribution in [0.5, 0.6) is 0 Å². The minimum Gasteiger partial charge on any atom is -0.444 e. The average molecular weight is 361 g/mol. The van der Waals surface area contributed by atoms with Gasteiger partial charge in [-0.1, -0.05) is 0 Å². The van der Waals surface area contributed by atoms with Crippen LogP contribution in [0.25, 0.3) is 0 Å². The molecule has 1 saturated carbocycles. The molecule has 1 aromatic heterocycles. The molecule has 1 aliphatic carbocycles. The summed E-state index contributed by atoms with van der Waals surface area (Å²) in [7, 11) is 0. The second-order valence-corrected chi connectivity index (χ2v) is 8.44. The summed E-state index contributed by atoms with van der Waals surface area (Å²) in [6, 6.07) is 2.84. The van der Waals surface area contributed by atoms with E-state index in [1.807, 2.05) is 20.8 Å². The fourth-order valence-corrected chi connectivity index (χ4v) is 3.29. The Bertz CT molecular complexity index is 464. The minimum atomic E-state index is -0.433. The van der Waals surface area contributed by atoms with Crippen molar-refractivity contribution in [1.29, 1.82) is 0 Å². The second-order valence-electron chi connectivity index (χ2n) is 6.15. The van der Waals surface area contributed by atoms with Crippen LogP contribution in [-0.4, -0.2) is 23.8 Å². The Balaban J connectivity index is 1.61. The normalized spacial score (nSPS) is 22.2. The maximum Gasteiger partial charge on any atom is 0.407 e. The molecule has 1 aromatic rings. The zero-order valence-electron chi connectivity index (χ0n) is 12.0. The molecule has 2 N–H and O–H groups in total. The first-order valence-corrected chi connectivity index (χ1v) is 8.45. The summed E-state index contributed by atoms with van der Waals surface area (Å²) < 4.78 is 6.40. The minimum absolute atomic E-state index is 0.233. The Morgan fingerprint density at radius 1 is 1.45 bits per heavy atom. The number of rotatable bonds is 4. The van der Waals surface area contributed by atoms with Gasteiger partial charge >= 0.3 is 6.09 Å². The van der Waals surface area contributed by atoms with E-state index in [0.29, 0.717) is 6.04 Å². The smallest absolute Gasteiger partial charge is 0.407 e. The highest BCUT2D eigenvalue weighted by Crippen LogP contribution is 2.23. The molecule has 1 aliphatic rings. The molecule has 0 atom stereocenters. The van der Waals surface area contributed by atoms with Crippen LogP contribution in [-0.2, 0) is 11.3 Å². The molecule has 0 bridgehead atoms. The van der Waals surface area contributed by atoms with Gasteiger partial charge in [-0.3, -0.25) is 0 Å². The van der Waals surface area contributed by atoms with Gasteiger partial charge in [0.1, 0.15) is 5.60 Å². The van der Waals surface area contributed by atoms with E-state index >= 15 is 0 Å². The largest absolute Gasteiger partial charge is 0.444 e. The second kappa shape index (κ2) is 6.45. The lowest BCUT2D eigenvalue weighted by molar-refractivity contribution is 0.0465. The summed E-state index contributed by atoms with van der Waals surface area (Å²) in [4.78, 5) is 11.6. The number of nitrogens with one attached hydrogen (secondary N) is 2. The zero-order chi connectivity index (χ0) is 14.8. The van der Waals surface area contributed by atoms with E-state index in [2.05, 4.69) is 38.0 Å². The van der Waals surface area contributed by atoms with Gasteiger partial charge in [-0.05, 0) is 66.6 Å². The van der Waals surface area contributed by atoms with Crippen LogP contribution in [0, 0.1) is 0 Å². The van der Waals surface area contributed by atoms with Crippen molar-refractivity contribution in [3.8, 4) is 0 Å². The van der Waals surface area contributed by atoms with Gasteiger partial charge in [-0.15, -0.1) is 11.3 Å². The van der Waals surface area contributed by atoms with Crippen molar-refractivity contribution in [2.24, 2.45) is 0 Å². The summed E-state index contributed by atoms with van der Waals surface area (Å²) in [5.74, 6) is 0. The van der Waals surface area contributed by atoms with Gasteiger partial charge in [0.05, 0.1) is 3.79 Å². The van der Waals surface area contributed by atoms with E-state index in [1.54, 1.807) is 11.3 Å². The molecule has 1 amide bonds. The molecule has 20 heavy (non-hydrogen) atoms. The Morgan fingerprint density at radius 2 is 2.15 bits per heavy atom. The Morgan fingerprint density at radius 3 is 2.70 bits per heavy atom. The van der Waals surface area contributed by atoms with Crippen molar-refractivity contribution in [1.82, 2.24) is 10.6 Å². The van der Waals surface area contributed by atoms with Crippen molar-refractivity contribution in [3.05, 3.63) is 20.8 Å². The van der Waals surface area contributed by atoms with Gasteiger partial charge in [0, 0.05) is 18.6 Å². The molecular weight excluding hydrogens is 340 g/mol. The number of thiophene rings is 1. The zero-order valence-corrected chi connectivity index (χ0v) is 14.4. The molecule has 112 valence electrons. The number of halogens is 1. The molecule has 4 nitrogen and oxygen atoms in total. The first-order chi connectivity index (χ1) is 9.32. The van der Waals surface area contributed by atoms with E-state index in [0.717, 1.165) is 23.2 Å². The fourth-order valence-electron chi connectivity index (χ4n) is 2.08. The number of hydrogen-bond acceptors (Lipinski definition) is 4. The lowest BCUT2D eigenvalue weighted by atomic mass is 9.87. The topological polar surface area (TPSA) is 50.4 Å². The highest BCUT2D eigenvalue weighted by atomic mass is 79.9. The van der Waals surface area contributed by atoms with Crippen LogP contribution in [0.3, 0.4) is 0 Å². The van der Waals surface area contributed by atoms with Gasteiger partial charge in [0.2, 0.25) is 0 Å². The molecule has 0 radical (unpaired) electrons. The third-order valence-corrected chi connectivity index (χ3v) is 4.63. The molecule has 0 saturated heterocycles. The predicted octanol–water partition coefficient (Wildman–Crippen LogP) is 3.66. The summed E-state index contributed by atoms with van der Waals surface area (Å²) in [6.07, 6.45) is 1.61. The Labute approximate surface area is 132 Å². The van der Waals surface area contributed by atoms with Gasteiger partial charge in [0.15, 0.2) is 0 Å². The van der Waals surface area contributed by atoms with Gasteiger partial charge in [-0.25, -0.2) is 4.79 Å². The summed E-state index contributed by atoms with van der Waals surface area (Å²) in [6.45, 7) is 6.50. The van der Waals surface area contributed by atoms with Gasteiger partial charge in [0.25, 0.3) is 0 Å². The number of hydrogen-bond donors (Lipinski definition) is 2. The molecule has 0 aromatic carbocycles. The maximum absolute atomic E-state index is 11.6. The van der Waals surface area contributed by atoms with Crippen molar-refractivity contribution in [3.63, 3.8) is 0 Å². The third-order valence-electron chi connectivity index (χ3n) is 3.08. The summed E-state index contributed by atoms with van der Waals surface area (Å²) in [5.41, 5.74) is 0.864. The third kappa shape index (κ3) is 5.07. The van der Waals surface area contributed by atoms with E-state index in [9.17, 15) is 4.79 Å². The maximum atomic E-state index is 11.6. The van der Waals surface area contributed by atoms with Crippen LogP contribution in [0.1, 0.15) is 39.2 Å². The fraction of sp³-hybridized carbons (Fsp3) is 0.643. The van der Waals surface area contributed by atoms with E-state index in [1.165, 1.54) is 5.56 Å². The molecule has 0 unspecified atom stereocenters. The van der Waals surface area contributed by atoms with Crippen LogP contribution in [0.4, 0.5) is 4.79 Å². The van der Waals surface area contributed by atoms with Crippen LogP contribution in [0.15, 0.2) is 15.2 Å². The first kappa shape index (κ1) is 15.8. The molecule has 6 heteroatoms. The van der Waals surface area contributed by atoms with Crippen molar-refractivity contribution >= 4 is 33.4 Å². The number of alkyl carbamates (subject to hydrolysis) is 1. The van der Waals surface area contributed by atoms with Crippen molar-refractivity contribution < 1.29 is 9.53 Å². The molecule has 0 aliphatic heterocycles. The van der Waals surface area contributed by atoms with Crippen LogP contribution >= 0.6 is 27.3 Å². The molecular formula is C14H21BrN2O2S. The molecule has 2 rings (SSSR count). The Kier molecular flexibility index (Phi) is 5.09. The summed E-state index contributed by atoms with van der Waals surface area (Å²) in [5, 5.41) is 8.54. The van der Waals surface area contributed by atoms with Gasteiger partial charge < -0.3 is 15.4 Å². The number of carbonyl (C=O) groups is 1. The van der Waals surface area contributed by atoms with Crippen LogP contribution in [0.2, 0.25) is 0 Å². The van der Waals surface area contributed by atoms with Crippen LogP contribution < -0.4 is 10.6 Å². The van der Waals surface area contributed by atoms with Crippen molar-refractivity contribution in [2.45, 2.75) is 57.8 Å². The van der Waals surface area contributed by atoms with E-state index in [-0.39, 0.29) is 12.1 Å². The molecule has 1 fully saturated rings. The number of amides is 1. The molecule has 0 spiro atoms. The highest BCUT2D eigenvalue weighted by Gasteiger charge is 2.31.